The number of carbonyl (C=O) groups excluding carboxylic acids is 1. The van der Waals surface area contributed by atoms with Crippen molar-refractivity contribution in [1.82, 2.24) is 20.3 Å². The van der Waals surface area contributed by atoms with Crippen LogP contribution in [-0.4, -0.2) is 53.4 Å². The first kappa shape index (κ1) is 15.4. The van der Waals surface area contributed by atoms with Crippen LogP contribution < -0.4 is 11.1 Å². The maximum Gasteiger partial charge on any atom is 0.411 e. The van der Waals surface area contributed by atoms with E-state index in [-0.39, 0.29) is 18.8 Å². The van der Waals surface area contributed by atoms with Crippen molar-refractivity contribution in [3.63, 3.8) is 0 Å². The van der Waals surface area contributed by atoms with E-state index in [4.69, 9.17) is 5.73 Å². The summed E-state index contributed by atoms with van der Waals surface area (Å²) in [6.07, 6.45) is -2.96. The molecule has 0 radical (unpaired) electrons. The van der Waals surface area contributed by atoms with Gasteiger partial charge in [-0.05, 0) is 0 Å². The molecule has 0 aliphatic heterocycles. The Morgan fingerprint density at radius 1 is 1.53 bits per heavy atom. The van der Waals surface area contributed by atoms with Crippen molar-refractivity contribution in [2.75, 3.05) is 26.3 Å². The Balaban J connectivity index is 2.23. The summed E-state index contributed by atoms with van der Waals surface area (Å²) in [6.45, 7) is -0.832. The van der Waals surface area contributed by atoms with Crippen LogP contribution in [0.15, 0.2) is 6.20 Å². The fourth-order valence-corrected chi connectivity index (χ4v) is 1.16. The molecular formula is C9H14F3N5O2. The quantitative estimate of drug-likeness (QED) is 0.660. The summed E-state index contributed by atoms with van der Waals surface area (Å²) in [6, 6.07) is 0. The summed E-state index contributed by atoms with van der Waals surface area (Å²) < 4.78 is 40.9. The Bertz CT molecular complexity index is 407. The van der Waals surface area contributed by atoms with Crippen molar-refractivity contribution >= 4 is 5.91 Å². The van der Waals surface area contributed by atoms with Crippen molar-refractivity contribution in [3.8, 4) is 0 Å². The highest BCUT2D eigenvalue weighted by Gasteiger charge is 2.27. The second kappa shape index (κ2) is 7.04. The zero-order valence-electron chi connectivity index (χ0n) is 9.98. The lowest BCUT2D eigenvalue weighted by Crippen LogP contribution is -2.29. The third kappa shape index (κ3) is 6.15. The van der Waals surface area contributed by atoms with Crippen molar-refractivity contribution in [3.05, 3.63) is 11.9 Å². The van der Waals surface area contributed by atoms with E-state index in [1.54, 1.807) is 0 Å². The van der Waals surface area contributed by atoms with E-state index < -0.39 is 18.7 Å². The Labute approximate surface area is 106 Å². The molecule has 0 atom stereocenters. The summed E-state index contributed by atoms with van der Waals surface area (Å²) >= 11 is 0. The van der Waals surface area contributed by atoms with Crippen LogP contribution in [0.5, 0.6) is 0 Å². The summed E-state index contributed by atoms with van der Waals surface area (Å²) in [4.78, 5) is 11.5. The molecule has 1 aromatic rings. The van der Waals surface area contributed by atoms with Gasteiger partial charge >= 0.3 is 6.18 Å². The predicted octanol–water partition coefficient (Wildman–Crippen LogP) is -0.455. The monoisotopic (exact) mass is 281 g/mol. The lowest BCUT2D eigenvalue weighted by molar-refractivity contribution is -0.173. The van der Waals surface area contributed by atoms with Gasteiger partial charge in [-0.1, -0.05) is 5.21 Å². The van der Waals surface area contributed by atoms with E-state index in [1.165, 1.54) is 10.9 Å². The molecule has 0 spiro atoms. The molecule has 0 fully saturated rings. The maximum absolute atomic E-state index is 11.7. The zero-order valence-corrected chi connectivity index (χ0v) is 9.98. The van der Waals surface area contributed by atoms with Gasteiger partial charge in [0.15, 0.2) is 5.69 Å². The lowest BCUT2D eigenvalue weighted by atomic mass is 10.4. The molecule has 0 saturated heterocycles. The molecule has 0 aliphatic carbocycles. The molecular weight excluding hydrogens is 267 g/mol. The van der Waals surface area contributed by atoms with Crippen molar-refractivity contribution in [1.29, 1.82) is 0 Å². The minimum atomic E-state index is -4.37. The van der Waals surface area contributed by atoms with Gasteiger partial charge in [0, 0.05) is 13.1 Å². The van der Waals surface area contributed by atoms with E-state index in [0.717, 1.165) is 0 Å². The van der Waals surface area contributed by atoms with Gasteiger partial charge in [0.05, 0.1) is 19.3 Å². The molecule has 1 heterocycles. The standard InChI is InChI=1S/C9H14F3N5O2/c10-9(11,12)6-19-4-2-14-8(18)7-5-17(3-1-13)16-15-7/h5H,1-4,6,13H2,(H,14,18). The van der Waals surface area contributed by atoms with Gasteiger partial charge in [0.25, 0.3) is 5.91 Å². The van der Waals surface area contributed by atoms with Gasteiger partial charge in [-0.2, -0.15) is 13.2 Å². The number of amides is 1. The fourth-order valence-electron chi connectivity index (χ4n) is 1.16. The van der Waals surface area contributed by atoms with Gasteiger partial charge in [-0.3, -0.25) is 9.48 Å². The van der Waals surface area contributed by atoms with Crippen molar-refractivity contribution in [2.45, 2.75) is 12.7 Å². The molecule has 0 aromatic carbocycles. The topological polar surface area (TPSA) is 95.1 Å². The summed E-state index contributed by atoms with van der Waals surface area (Å²) in [5.74, 6) is -0.529. The van der Waals surface area contributed by atoms with E-state index in [1.807, 2.05) is 0 Å². The number of hydrogen-bond acceptors (Lipinski definition) is 5. The van der Waals surface area contributed by atoms with E-state index in [0.29, 0.717) is 13.1 Å². The number of rotatable bonds is 7. The largest absolute Gasteiger partial charge is 0.411 e. The van der Waals surface area contributed by atoms with E-state index in [9.17, 15) is 18.0 Å². The Morgan fingerprint density at radius 3 is 2.89 bits per heavy atom. The van der Waals surface area contributed by atoms with Gasteiger partial charge in [-0.25, -0.2) is 0 Å². The van der Waals surface area contributed by atoms with Crippen LogP contribution in [0, 0.1) is 0 Å². The third-order valence-corrected chi connectivity index (χ3v) is 1.93. The highest BCUT2D eigenvalue weighted by Crippen LogP contribution is 2.13. The Hall–Kier alpha value is -1.68. The Kier molecular flexibility index (Phi) is 5.70. The molecule has 108 valence electrons. The zero-order chi connectivity index (χ0) is 14.3. The maximum atomic E-state index is 11.7. The van der Waals surface area contributed by atoms with Crippen LogP contribution in [-0.2, 0) is 11.3 Å². The highest BCUT2D eigenvalue weighted by molar-refractivity contribution is 5.91. The number of nitrogens with one attached hydrogen (secondary N) is 1. The molecule has 0 unspecified atom stereocenters. The Morgan fingerprint density at radius 2 is 2.26 bits per heavy atom. The second-order valence-corrected chi connectivity index (χ2v) is 3.58. The van der Waals surface area contributed by atoms with Crippen LogP contribution in [0.3, 0.4) is 0 Å². The number of halogens is 3. The first-order valence-corrected chi connectivity index (χ1v) is 5.45. The molecule has 7 nitrogen and oxygen atoms in total. The summed E-state index contributed by atoms with van der Waals surface area (Å²) in [7, 11) is 0. The molecule has 19 heavy (non-hydrogen) atoms. The van der Waals surface area contributed by atoms with Gasteiger partial charge in [0.1, 0.15) is 6.61 Å². The lowest BCUT2D eigenvalue weighted by Gasteiger charge is -2.07. The van der Waals surface area contributed by atoms with Crippen LogP contribution in [0.2, 0.25) is 0 Å². The van der Waals surface area contributed by atoms with Gasteiger partial charge < -0.3 is 15.8 Å². The third-order valence-electron chi connectivity index (χ3n) is 1.93. The van der Waals surface area contributed by atoms with Crippen molar-refractivity contribution in [2.24, 2.45) is 5.73 Å². The SMILES string of the molecule is NCCn1cc(C(=O)NCCOCC(F)(F)F)nn1. The molecule has 1 rings (SSSR count). The number of nitrogens with two attached hydrogens (primary N) is 1. The summed E-state index contributed by atoms with van der Waals surface area (Å²) in [5.41, 5.74) is 5.37. The molecule has 3 N–H and O–H groups in total. The second-order valence-electron chi connectivity index (χ2n) is 3.58. The van der Waals surface area contributed by atoms with Crippen LogP contribution >= 0.6 is 0 Å². The average molecular weight is 281 g/mol. The van der Waals surface area contributed by atoms with E-state index >= 15 is 0 Å². The van der Waals surface area contributed by atoms with Crippen LogP contribution in [0.1, 0.15) is 10.5 Å². The van der Waals surface area contributed by atoms with Crippen LogP contribution in [0.25, 0.3) is 0 Å². The normalized spacial score (nSPS) is 11.6. The molecule has 0 bridgehead atoms. The smallest absolute Gasteiger partial charge is 0.370 e. The number of aromatic nitrogens is 3. The first-order chi connectivity index (χ1) is 8.92. The fraction of sp³-hybridized carbons (Fsp3) is 0.667. The number of hydrogen-bond donors (Lipinski definition) is 2. The first-order valence-electron chi connectivity index (χ1n) is 5.45. The van der Waals surface area contributed by atoms with Crippen LogP contribution in [0.4, 0.5) is 13.2 Å². The molecule has 1 amide bonds. The molecule has 10 heteroatoms. The number of carbonyl (C=O) groups is 1. The highest BCUT2D eigenvalue weighted by atomic mass is 19.4. The number of nitrogens with zero attached hydrogens (tertiary/aromatic N) is 3. The van der Waals surface area contributed by atoms with Gasteiger partial charge in [0.2, 0.25) is 0 Å². The molecule has 0 saturated carbocycles. The van der Waals surface area contributed by atoms with E-state index in [2.05, 4.69) is 20.4 Å². The summed E-state index contributed by atoms with van der Waals surface area (Å²) in [5, 5.41) is 9.61. The predicted molar refractivity (Wildman–Crippen MR) is 58.3 cm³/mol. The minimum Gasteiger partial charge on any atom is -0.370 e. The minimum absolute atomic E-state index is 0.0430. The molecule has 1 aromatic heterocycles. The van der Waals surface area contributed by atoms with Crippen molar-refractivity contribution < 1.29 is 22.7 Å². The average Bonchev–Trinajstić information content (AvgIpc) is 2.76. The molecule has 0 aliphatic rings. The van der Waals surface area contributed by atoms with Gasteiger partial charge in [-0.15, -0.1) is 5.10 Å². The number of alkyl halides is 3. The number of ether oxygens (including phenoxy) is 1.